The van der Waals surface area contributed by atoms with Gasteiger partial charge in [-0.15, -0.1) is 0 Å². The number of nitrogens with zero attached hydrogens (tertiary/aromatic N) is 2. The van der Waals surface area contributed by atoms with E-state index in [-0.39, 0.29) is 5.56 Å². The summed E-state index contributed by atoms with van der Waals surface area (Å²) in [6, 6.07) is 9.21. The highest BCUT2D eigenvalue weighted by atomic mass is 35.5. The Bertz CT molecular complexity index is 741. The summed E-state index contributed by atoms with van der Waals surface area (Å²) in [4.78, 5) is 11.4. The molecule has 2 aromatic rings. The van der Waals surface area contributed by atoms with Gasteiger partial charge in [0, 0.05) is 5.02 Å². The van der Waals surface area contributed by atoms with Crippen LogP contribution in [0.2, 0.25) is 5.02 Å². The van der Waals surface area contributed by atoms with Gasteiger partial charge in [-0.25, -0.2) is 5.10 Å². The van der Waals surface area contributed by atoms with E-state index in [9.17, 15) is 4.79 Å². The number of hydrogen-bond acceptors (Lipinski definition) is 3. The molecule has 1 aromatic carbocycles. The molecule has 0 amide bonds. The first-order valence-electron chi connectivity index (χ1n) is 5.55. The van der Waals surface area contributed by atoms with Gasteiger partial charge in [0.25, 0.3) is 5.56 Å². The smallest absolute Gasteiger partial charge is 0.267 e. The molecule has 0 fully saturated rings. The fraction of sp³-hybridized carbons (Fsp3) is 0.0714. The monoisotopic (exact) mass is 271 g/mol. The van der Waals surface area contributed by atoms with Crippen molar-refractivity contribution in [1.82, 2.24) is 10.2 Å². The second kappa shape index (κ2) is 5.51. The maximum absolute atomic E-state index is 11.4. The van der Waals surface area contributed by atoms with Gasteiger partial charge in [0.15, 0.2) is 0 Å². The molecule has 0 aliphatic rings. The number of aromatic nitrogens is 2. The van der Waals surface area contributed by atoms with E-state index >= 15 is 0 Å². The molecule has 94 valence electrons. The van der Waals surface area contributed by atoms with Gasteiger partial charge in [0.1, 0.15) is 11.6 Å². The van der Waals surface area contributed by atoms with Gasteiger partial charge < -0.3 is 0 Å². The first-order chi connectivity index (χ1) is 9.11. The number of nitrogens with one attached hydrogen (secondary N) is 1. The topological polar surface area (TPSA) is 69.5 Å². The number of nitriles is 1. The number of halogens is 1. The highest BCUT2D eigenvalue weighted by Crippen LogP contribution is 2.14. The first-order valence-corrected chi connectivity index (χ1v) is 5.92. The Hall–Kier alpha value is -2.38. The molecule has 0 spiro atoms. The zero-order valence-corrected chi connectivity index (χ0v) is 10.9. The van der Waals surface area contributed by atoms with Gasteiger partial charge >= 0.3 is 0 Å². The Morgan fingerprint density at radius 2 is 2.21 bits per heavy atom. The summed E-state index contributed by atoms with van der Waals surface area (Å²) >= 11 is 5.89. The predicted molar refractivity (Wildman–Crippen MR) is 74.7 cm³/mol. The normalized spacial score (nSPS) is 10.6. The van der Waals surface area contributed by atoms with Crippen molar-refractivity contribution in [2.24, 2.45) is 0 Å². The van der Waals surface area contributed by atoms with Gasteiger partial charge in [-0.3, -0.25) is 4.79 Å². The zero-order chi connectivity index (χ0) is 13.8. The number of H-pyrrole nitrogens is 1. The summed E-state index contributed by atoms with van der Waals surface area (Å²) < 4.78 is 0. The average molecular weight is 272 g/mol. The van der Waals surface area contributed by atoms with Crippen LogP contribution < -0.4 is 5.56 Å². The van der Waals surface area contributed by atoms with Crippen LogP contribution in [0.1, 0.15) is 22.4 Å². The molecule has 0 radical (unpaired) electrons. The maximum Gasteiger partial charge on any atom is 0.282 e. The third kappa shape index (κ3) is 2.90. The van der Waals surface area contributed by atoms with Gasteiger partial charge in [-0.2, -0.15) is 10.4 Å². The van der Waals surface area contributed by atoms with Crippen molar-refractivity contribution in [3.8, 4) is 6.07 Å². The third-order valence-electron chi connectivity index (χ3n) is 2.66. The van der Waals surface area contributed by atoms with Crippen molar-refractivity contribution in [3.05, 3.63) is 62.0 Å². The maximum atomic E-state index is 11.4. The zero-order valence-electron chi connectivity index (χ0n) is 10.1. The lowest BCUT2D eigenvalue weighted by Gasteiger charge is -2.00. The lowest BCUT2D eigenvalue weighted by molar-refractivity contribution is 0.952. The van der Waals surface area contributed by atoms with Crippen LogP contribution in [0.25, 0.3) is 12.2 Å². The quantitative estimate of drug-likeness (QED) is 0.913. The van der Waals surface area contributed by atoms with Crippen LogP contribution in [0.3, 0.4) is 0 Å². The highest BCUT2D eigenvalue weighted by molar-refractivity contribution is 6.30. The molecule has 1 heterocycles. The largest absolute Gasteiger partial charge is 0.282 e. The summed E-state index contributed by atoms with van der Waals surface area (Å²) in [5, 5.41) is 15.8. The molecule has 5 heteroatoms. The summed E-state index contributed by atoms with van der Waals surface area (Å²) in [7, 11) is 0. The lowest BCUT2D eigenvalue weighted by atomic mass is 10.1. The minimum Gasteiger partial charge on any atom is -0.267 e. The highest BCUT2D eigenvalue weighted by Gasteiger charge is 2.07. The second-order valence-electron chi connectivity index (χ2n) is 3.94. The fourth-order valence-electron chi connectivity index (χ4n) is 1.63. The number of rotatable bonds is 2. The van der Waals surface area contributed by atoms with E-state index in [2.05, 4.69) is 10.2 Å². The summed E-state index contributed by atoms with van der Waals surface area (Å²) in [5.41, 5.74) is 1.64. The third-order valence-corrected chi connectivity index (χ3v) is 2.89. The molecular weight excluding hydrogens is 262 g/mol. The molecule has 0 unspecified atom stereocenters. The lowest BCUT2D eigenvalue weighted by Crippen LogP contribution is -2.15. The summed E-state index contributed by atoms with van der Waals surface area (Å²) in [5.74, 6) is 0. The molecule has 0 atom stereocenters. The van der Waals surface area contributed by atoms with Crippen molar-refractivity contribution in [2.45, 2.75) is 6.92 Å². The Labute approximate surface area is 115 Å². The van der Waals surface area contributed by atoms with Crippen LogP contribution in [0, 0.1) is 18.3 Å². The number of aromatic amines is 1. The Morgan fingerprint density at radius 3 is 2.89 bits per heavy atom. The van der Waals surface area contributed by atoms with Gasteiger partial charge in [0.05, 0.1) is 5.69 Å². The Balaban J connectivity index is 2.40. The molecule has 0 aliphatic carbocycles. The van der Waals surface area contributed by atoms with E-state index in [1.165, 1.54) is 0 Å². The van der Waals surface area contributed by atoms with Crippen molar-refractivity contribution < 1.29 is 0 Å². The van der Waals surface area contributed by atoms with Crippen LogP contribution >= 0.6 is 11.6 Å². The van der Waals surface area contributed by atoms with Crippen molar-refractivity contribution in [2.75, 3.05) is 0 Å². The molecule has 1 aromatic heterocycles. The van der Waals surface area contributed by atoms with E-state index in [1.54, 1.807) is 19.1 Å². The molecule has 0 aliphatic heterocycles. The van der Waals surface area contributed by atoms with E-state index in [0.717, 1.165) is 5.56 Å². The van der Waals surface area contributed by atoms with Gasteiger partial charge in [-0.05, 0) is 36.3 Å². The van der Waals surface area contributed by atoms with E-state index in [1.807, 2.05) is 30.3 Å². The standard InChI is InChI=1S/C14H10ClN3O/c1-9-12(8-16)14(19)18-17-13(9)6-5-10-3-2-4-11(15)7-10/h2-7H,1H3,(H,18,19). The molecule has 0 saturated heterocycles. The van der Waals surface area contributed by atoms with Crippen LogP contribution in [-0.2, 0) is 0 Å². The summed E-state index contributed by atoms with van der Waals surface area (Å²) in [6.07, 6.45) is 3.55. The molecule has 2 rings (SSSR count). The molecule has 19 heavy (non-hydrogen) atoms. The number of hydrogen-bond donors (Lipinski definition) is 1. The van der Waals surface area contributed by atoms with E-state index in [0.29, 0.717) is 16.3 Å². The molecule has 0 saturated carbocycles. The van der Waals surface area contributed by atoms with Gasteiger partial charge in [-0.1, -0.05) is 29.8 Å². The van der Waals surface area contributed by atoms with Crippen molar-refractivity contribution >= 4 is 23.8 Å². The SMILES string of the molecule is Cc1c(C=Cc2cccc(Cl)c2)n[nH]c(=O)c1C#N. The van der Waals surface area contributed by atoms with Crippen LogP contribution in [0.15, 0.2) is 29.1 Å². The van der Waals surface area contributed by atoms with Crippen LogP contribution in [0.5, 0.6) is 0 Å². The Morgan fingerprint density at radius 1 is 1.42 bits per heavy atom. The van der Waals surface area contributed by atoms with E-state index in [4.69, 9.17) is 16.9 Å². The molecule has 1 N–H and O–H groups in total. The fourth-order valence-corrected chi connectivity index (χ4v) is 1.83. The first kappa shape index (κ1) is 13.1. The molecule has 4 nitrogen and oxygen atoms in total. The average Bonchev–Trinajstić information content (AvgIpc) is 2.38. The Kier molecular flexibility index (Phi) is 3.79. The van der Waals surface area contributed by atoms with E-state index < -0.39 is 5.56 Å². The predicted octanol–water partition coefficient (Wildman–Crippen LogP) is 2.77. The molecular formula is C14H10ClN3O. The van der Waals surface area contributed by atoms with Crippen molar-refractivity contribution in [3.63, 3.8) is 0 Å². The summed E-state index contributed by atoms with van der Waals surface area (Å²) in [6.45, 7) is 1.69. The second-order valence-corrected chi connectivity index (χ2v) is 4.37. The molecule has 0 bridgehead atoms. The minimum atomic E-state index is -0.472. The van der Waals surface area contributed by atoms with Crippen LogP contribution in [-0.4, -0.2) is 10.2 Å². The van der Waals surface area contributed by atoms with Crippen LogP contribution in [0.4, 0.5) is 0 Å². The van der Waals surface area contributed by atoms with Gasteiger partial charge in [0.2, 0.25) is 0 Å². The van der Waals surface area contributed by atoms with Crippen molar-refractivity contribution in [1.29, 1.82) is 5.26 Å². The minimum absolute atomic E-state index is 0.0840. The number of benzene rings is 1.